The fourth-order valence-electron chi connectivity index (χ4n) is 3.10. The number of hydrogen-bond donors (Lipinski definition) is 0. The van der Waals surface area contributed by atoms with Crippen LogP contribution in [-0.4, -0.2) is 18.0 Å². The van der Waals surface area contributed by atoms with E-state index in [1.165, 1.54) is 6.42 Å². The van der Waals surface area contributed by atoms with Crippen LogP contribution in [0, 0.1) is 5.92 Å². The molecular weight excluding hydrogens is 328 g/mol. The second-order valence-corrected chi connectivity index (χ2v) is 6.95. The largest absolute Gasteiger partial charge is 0.375 e. The second-order valence-electron chi connectivity index (χ2n) is 5.60. The Morgan fingerprint density at radius 1 is 1.37 bits per heavy atom. The van der Waals surface area contributed by atoms with Gasteiger partial charge in [0.2, 0.25) is 0 Å². The molecule has 2 fully saturated rings. The molecule has 1 heterocycles. The van der Waals surface area contributed by atoms with Crippen LogP contribution in [0.2, 0.25) is 5.02 Å². The molecule has 2 nitrogen and oxygen atoms in total. The molecule has 1 unspecified atom stereocenters. The Kier molecular flexibility index (Phi) is 3.71. The van der Waals surface area contributed by atoms with Crippen LogP contribution >= 0.6 is 27.5 Å². The van der Waals surface area contributed by atoms with E-state index < -0.39 is 0 Å². The molecule has 3 rings (SSSR count). The molecule has 0 radical (unpaired) electrons. The summed E-state index contributed by atoms with van der Waals surface area (Å²) in [6.07, 6.45) is 5.14. The fraction of sp³-hybridized carbons (Fsp3) is 0.533. The van der Waals surface area contributed by atoms with Gasteiger partial charge in [0.25, 0.3) is 0 Å². The average Bonchev–Trinajstić information content (AvgIpc) is 2.35. The van der Waals surface area contributed by atoms with Gasteiger partial charge in [-0.3, -0.25) is 4.79 Å². The monoisotopic (exact) mass is 342 g/mol. The number of hydrogen-bond acceptors (Lipinski definition) is 2. The van der Waals surface area contributed by atoms with Crippen molar-refractivity contribution >= 4 is 33.3 Å². The van der Waals surface area contributed by atoms with Crippen molar-refractivity contribution in [1.29, 1.82) is 0 Å². The van der Waals surface area contributed by atoms with Crippen LogP contribution < -0.4 is 0 Å². The normalized spacial score (nSPS) is 25.1. The van der Waals surface area contributed by atoms with Crippen LogP contribution in [-0.2, 0) is 4.74 Å². The number of Topliss-reactive ketones (excluding diaryl/α,β-unsaturated/α-hetero) is 1. The molecule has 1 aliphatic carbocycles. The lowest BCUT2D eigenvalue weighted by molar-refractivity contribution is -0.137. The minimum atomic E-state index is 0.00832. The highest BCUT2D eigenvalue weighted by molar-refractivity contribution is 9.10. The first-order valence-electron chi connectivity index (χ1n) is 6.72. The van der Waals surface area contributed by atoms with E-state index in [1.54, 1.807) is 12.1 Å². The lowest BCUT2D eigenvalue weighted by Gasteiger charge is -2.46. The molecule has 0 aromatic heterocycles. The Balaban J connectivity index is 1.79. The number of ketones is 1. The molecule has 0 N–H and O–H groups in total. The van der Waals surface area contributed by atoms with Crippen LogP contribution in [0.15, 0.2) is 22.7 Å². The van der Waals surface area contributed by atoms with E-state index in [2.05, 4.69) is 15.9 Å². The average molecular weight is 344 g/mol. The number of halogens is 2. The zero-order chi connectivity index (χ0) is 13.5. The van der Waals surface area contributed by atoms with Gasteiger partial charge >= 0.3 is 0 Å². The molecule has 1 saturated heterocycles. The number of carbonyl (C=O) groups is 1. The molecule has 19 heavy (non-hydrogen) atoms. The van der Waals surface area contributed by atoms with Crippen LogP contribution in [0.3, 0.4) is 0 Å². The van der Waals surface area contributed by atoms with Gasteiger partial charge in [0.15, 0.2) is 5.78 Å². The first kappa shape index (κ1) is 13.6. The first-order chi connectivity index (χ1) is 9.08. The SMILES string of the molecule is O=C(c1cc(Cl)cc(Br)c1)C1CCOC2(CCC2)C1. The zero-order valence-electron chi connectivity index (χ0n) is 10.6. The summed E-state index contributed by atoms with van der Waals surface area (Å²) in [5.74, 6) is 0.289. The third kappa shape index (κ3) is 2.74. The first-order valence-corrected chi connectivity index (χ1v) is 7.89. The van der Waals surface area contributed by atoms with Gasteiger partial charge in [0, 0.05) is 27.6 Å². The summed E-state index contributed by atoms with van der Waals surface area (Å²) in [7, 11) is 0. The van der Waals surface area contributed by atoms with Crippen LogP contribution in [0.25, 0.3) is 0 Å². The summed E-state index contributed by atoms with van der Waals surface area (Å²) in [4.78, 5) is 12.6. The molecule has 1 aliphatic heterocycles. The Bertz CT molecular complexity index is 491. The zero-order valence-corrected chi connectivity index (χ0v) is 13.0. The van der Waals surface area contributed by atoms with Gasteiger partial charge in [-0.2, -0.15) is 0 Å². The van der Waals surface area contributed by atoms with Gasteiger partial charge in [0.1, 0.15) is 0 Å². The topological polar surface area (TPSA) is 26.3 Å². The summed E-state index contributed by atoms with van der Waals surface area (Å²) in [6.45, 7) is 0.706. The summed E-state index contributed by atoms with van der Waals surface area (Å²) in [5.41, 5.74) is 0.717. The van der Waals surface area contributed by atoms with Gasteiger partial charge in [-0.15, -0.1) is 0 Å². The molecule has 0 bridgehead atoms. The van der Waals surface area contributed by atoms with Crippen molar-refractivity contribution in [2.24, 2.45) is 5.92 Å². The Hall–Kier alpha value is -0.380. The fourth-order valence-corrected chi connectivity index (χ4v) is 3.96. The third-order valence-electron chi connectivity index (χ3n) is 4.28. The van der Waals surface area contributed by atoms with E-state index in [-0.39, 0.29) is 17.3 Å². The highest BCUT2D eigenvalue weighted by Gasteiger charge is 2.44. The molecule has 102 valence electrons. The molecule has 2 aliphatic rings. The van der Waals surface area contributed by atoms with E-state index in [4.69, 9.17) is 16.3 Å². The Morgan fingerprint density at radius 3 is 2.79 bits per heavy atom. The molecular formula is C15H16BrClO2. The van der Waals surface area contributed by atoms with Gasteiger partial charge in [-0.05, 0) is 50.3 Å². The van der Waals surface area contributed by atoms with Crippen molar-refractivity contribution in [2.75, 3.05) is 6.61 Å². The summed E-state index contributed by atoms with van der Waals surface area (Å²) >= 11 is 9.41. The smallest absolute Gasteiger partial charge is 0.166 e. The molecule has 0 amide bonds. The lowest BCUT2D eigenvalue weighted by Crippen LogP contribution is -2.47. The second kappa shape index (κ2) is 5.19. The summed E-state index contributed by atoms with van der Waals surface area (Å²) in [6, 6.07) is 5.42. The van der Waals surface area contributed by atoms with Gasteiger partial charge < -0.3 is 4.74 Å². The van der Waals surface area contributed by atoms with Crippen molar-refractivity contribution in [2.45, 2.75) is 37.7 Å². The molecule has 4 heteroatoms. The van der Waals surface area contributed by atoms with E-state index in [0.29, 0.717) is 17.2 Å². The summed E-state index contributed by atoms with van der Waals surface area (Å²) in [5, 5.41) is 0.600. The highest BCUT2D eigenvalue weighted by atomic mass is 79.9. The molecule has 1 atom stereocenters. The van der Waals surface area contributed by atoms with E-state index >= 15 is 0 Å². The van der Waals surface area contributed by atoms with Gasteiger partial charge in [-0.25, -0.2) is 0 Å². The van der Waals surface area contributed by atoms with Crippen molar-refractivity contribution in [3.63, 3.8) is 0 Å². The van der Waals surface area contributed by atoms with Crippen LogP contribution in [0.4, 0.5) is 0 Å². The van der Waals surface area contributed by atoms with E-state index in [9.17, 15) is 4.79 Å². The summed E-state index contributed by atoms with van der Waals surface area (Å²) < 4.78 is 6.73. The third-order valence-corrected chi connectivity index (χ3v) is 4.95. The van der Waals surface area contributed by atoms with Crippen molar-refractivity contribution in [3.05, 3.63) is 33.3 Å². The highest BCUT2D eigenvalue weighted by Crippen LogP contribution is 2.45. The van der Waals surface area contributed by atoms with Crippen molar-refractivity contribution < 1.29 is 9.53 Å². The minimum absolute atomic E-state index is 0.00832. The van der Waals surface area contributed by atoms with Gasteiger partial charge in [-0.1, -0.05) is 27.5 Å². The van der Waals surface area contributed by atoms with Crippen molar-refractivity contribution in [3.8, 4) is 0 Å². The standard InChI is InChI=1S/C15H16BrClO2/c16-12-6-11(7-13(17)8-12)14(18)10-2-5-19-15(9-10)3-1-4-15/h6-8,10H,1-5,9H2. The molecule has 1 aromatic carbocycles. The van der Waals surface area contributed by atoms with E-state index in [0.717, 1.165) is 30.2 Å². The Labute approximate surface area is 126 Å². The lowest BCUT2D eigenvalue weighted by atomic mass is 9.70. The number of benzene rings is 1. The maximum atomic E-state index is 12.6. The quantitative estimate of drug-likeness (QED) is 0.732. The Morgan fingerprint density at radius 2 is 2.16 bits per heavy atom. The molecule has 1 saturated carbocycles. The van der Waals surface area contributed by atoms with Crippen molar-refractivity contribution in [1.82, 2.24) is 0 Å². The number of rotatable bonds is 2. The predicted molar refractivity (Wildman–Crippen MR) is 78.7 cm³/mol. The van der Waals surface area contributed by atoms with Gasteiger partial charge in [0.05, 0.1) is 5.60 Å². The predicted octanol–water partition coefficient (Wildman–Crippen LogP) is 4.63. The van der Waals surface area contributed by atoms with Crippen LogP contribution in [0.5, 0.6) is 0 Å². The molecule has 1 spiro atoms. The minimum Gasteiger partial charge on any atom is -0.375 e. The van der Waals surface area contributed by atoms with Crippen LogP contribution in [0.1, 0.15) is 42.5 Å². The molecule has 1 aromatic rings. The maximum Gasteiger partial charge on any atom is 0.166 e. The maximum absolute atomic E-state index is 12.6. The number of carbonyl (C=O) groups excluding carboxylic acids is 1. The number of ether oxygens (including phenoxy) is 1. The van der Waals surface area contributed by atoms with E-state index in [1.807, 2.05) is 6.07 Å².